The number of rotatable bonds is 7. The summed E-state index contributed by atoms with van der Waals surface area (Å²) in [5.41, 5.74) is 1.85. The molecule has 1 aliphatic rings. The predicted molar refractivity (Wildman–Crippen MR) is 134 cm³/mol. The smallest absolute Gasteiger partial charge is 0.234 e. The van der Waals surface area contributed by atoms with Crippen molar-refractivity contribution in [2.45, 2.75) is 56.0 Å². The molecule has 0 radical (unpaired) electrons. The van der Waals surface area contributed by atoms with Gasteiger partial charge < -0.3 is 10.1 Å². The first-order valence-corrected chi connectivity index (χ1v) is 13.7. The summed E-state index contributed by atoms with van der Waals surface area (Å²) in [7, 11) is 0. The van der Waals surface area contributed by atoms with Crippen LogP contribution in [0.2, 0.25) is 0 Å². The van der Waals surface area contributed by atoms with Crippen LogP contribution in [0, 0.1) is 0 Å². The van der Waals surface area contributed by atoms with Crippen LogP contribution in [-0.2, 0) is 22.6 Å². The topological polar surface area (TPSA) is 64.1 Å². The van der Waals surface area contributed by atoms with Gasteiger partial charge in [-0.1, -0.05) is 46.4 Å². The Morgan fingerprint density at radius 1 is 1.26 bits per heavy atom. The first-order chi connectivity index (χ1) is 14.8. The van der Waals surface area contributed by atoms with Gasteiger partial charge in [-0.3, -0.25) is 4.79 Å². The highest BCUT2D eigenvalue weighted by Crippen LogP contribution is 2.42. The zero-order valence-electron chi connectivity index (χ0n) is 17.7. The highest BCUT2D eigenvalue weighted by molar-refractivity contribution is 9.10. The number of nitrogens with one attached hydrogen (secondary N) is 1. The Bertz CT molecular complexity index is 1100. The van der Waals surface area contributed by atoms with Crippen molar-refractivity contribution in [3.8, 4) is 0 Å². The fraction of sp³-hybridized carbons (Fsp3) is 0.409. The third kappa shape index (κ3) is 5.63. The summed E-state index contributed by atoms with van der Waals surface area (Å²) in [6, 6.07) is 7.59. The van der Waals surface area contributed by atoms with Gasteiger partial charge in [0.15, 0.2) is 5.16 Å². The Labute approximate surface area is 203 Å². The molecule has 3 heterocycles. The van der Waals surface area contributed by atoms with Crippen molar-refractivity contribution in [1.82, 2.24) is 9.97 Å². The maximum atomic E-state index is 12.6. The van der Waals surface area contributed by atoms with Gasteiger partial charge in [0.25, 0.3) is 0 Å². The summed E-state index contributed by atoms with van der Waals surface area (Å²) in [5.74, 6) is 1.22. The molecule has 1 amide bonds. The van der Waals surface area contributed by atoms with Crippen LogP contribution in [0.5, 0.6) is 0 Å². The van der Waals surface area contributed by atoms with E-state index in [1.54, 1.807) is 23.1 Å². The Hall–Kier alpha value is -1.13. The molecule has 1 N–H and O–H groups in total. The summed E-state index contributed by atoms with van der Waals surface area (Å²) >= 11 is 8.26. The number of hydrogen-bond donors (Lipinski definition) is 1. The highest BCUT2D eigenvalue weighted by atomic mass is 79.9. The molecule has 0 bridgehead atoms. The molecular weight excluding hydrogens is 514 g/mol. The molecule has 5 nitrogen and oxygen atoms in total. The number of aromatic nitrogens is 2. The average Bonchev–Trinajstić information content (AvgIpc) is 3.09. The van der Waals surface area contributed by atoms with E-state index in [2.05, 4.69) is 42.0 Å². The quantitative estimate of drug-likeness (QED) is 0.209. The lowest BCUT2D eigenvalue weighted by Gasteiger charge is -2.30. The van der Waals surface area contributed by atoms with Crippen molar-refractivity contribution in [2.24, 2.45) is 0 Å². The number of halogens is 1. The maximum Gasteiger partial charge on any atom is 0.234 e. The molecule has 31 heavy (non-hydrogen) atoms. The van der Waals surface area contributed by atoms with E-state index in [4.69, 9.17) is 14.7 Å². The summed E-state index contributed by atoms with van der Waals surface area (Å²) in [6.45, 7) is 6.99. The Kier molecular flexibility index (Phi) is 7.27. The Morgan fingerprint density at radius 2 is 2.03 bits per heavy atom. The fourth-order valence-electron chi connectivity index (χ4n) is 3.32. The molecule has 0 atom stereocenters. The standard InChI is InChI=1S/C22H24BrN3O2S3/c1-4-9-29-21-25-19(30-12-17(27)24-14-7-5-13(23)6-8-14)18-15-10-22(2,3)28-11-16(15)31-20(18)26-21/h5-8H,4,9-12H2,1-3H3,(H,24,27). The number of fused-ring (bicyclic) bond motifs is 3. The van der Waals surface area contributed by atoms with Crippen LogP contribution < -0.4 is 5.32 Å². The predicted octanol–water partition coefficient (Wildman–Crippen LogP) is 6.54. The fourth-order valence-corrected chi connectivity index (χ4v) is 6.42. The monoisotopic (exact) mass is 537 g/mol. The normalized spacial score (nSPS) is 15.1. The van der Waals surface area contributed by atoms with Crippen molar-refractivity contribution in [2.75, 3.05) is 16.8 Å². The highest BCUT2D eigenvalue weighted by Gasteiger charge is 2.31. The summed E-state index contributed by atoms with van der Waals surface area (Å²) < 4.78 is 6.99. The number of carbonyl (C=O) groups is 1. The minimum Gasteiger partial charge on any atom is -0.370 e. The molecule has 0 saturated carbocycles. The van der Waals surface area contributed by atoms with Gasteiger partial charge >= 0.3 is 0 Å². The number of anilines is 1. The van der Waals surface area contributed by atoms with Crippen LogP contribution in [0.15, 0.2) is 38.9 Å². The molecule has 0 saturated heterocycles. The van der Waals surface area contributed by atoms with Crippen molar-refractivity contribution in [3.63, 3.8) is 0 Å². The number of ether oxygens (including phenoxy) is 1. The van der Waals surface area contributed by atoms with Gasteiger partial charge in [-0.05, 0) is 50.1 Å². The summed E-state index contributed by atoms with van der Waals surface area (Å²) in [5, 5.41) is 5.73. The molecule has 0 fully saturated rings. The van der Waals surface area contributed by atoms with Gasteiger partial charge in [0.05, 0.1) is 18.0 Å². The lowest BCUT2D eigenvalue weighted by atomic mass is 9.95. The second-order valence-corrected chi connectivity index (χ2v) is 11.9. The largest absolute Gasteiger partial charge is 0.370 e. The first-order valence-electron chi connectivity index (χ1n) is 10.1. The van der Waals surface area contributed by atoms with Gasteiger partial charge in [-0.15, -0.1) is 11.3 Å². The number of hydrogen-bond acceptors (Lipinski definition) is 7. The van der Waals surface area contributed by atoms with Gasteiger partial charge in [-0.2, -0.15) is 0 Å². The van der Waals surface area contributed by atoms with E-state index < -0.39 is 0 Å². The van der Waals surface area contributed by atoms with Crippen LogP contribution in [0.25, 0.3) is 10.2 Å². The number of nitrogens with zero attached hydrogens (tertiary/aromatic N) is 2. The van der Waals surface area contributed by atoms with E-state index in [1.165, 1.54) is 22.2 Å². The maximum absolute atomic E-state index is 12.6. The molecule has 0 unspecified atom stereocenters. The van der Waals surface area contributed by atoms with Crippen LogP contribution in [0.1, 0.15) is 37.6 Å². The van der Waals surface area contributed by atoms with E-state index >= 15 is 0 Å². The first kappa shape index (κ1) is 23.0. The number of thioether (sulfide) groups is 2. The lowest BCUT2D eigenvalue weighted by molar-refractivity contribution is -0.113. The van der Waals surface area contributed by atoms with Crippen LogP contribution >= 0.6 is 50.8 Å². The van der Waals surface area contributed by atoms with E-state index in [0.29, 0.717) is 12.4 Å². The van der Waals surface area contributed by atoms with Crippen molar-refractivity contribution in [3.05, 3.63) is 39.2 Å². The van der Waals surface area contributed by atoms with Gasteiger partial charge in [0, 0.05) is 32.6 Å². The second kappa shape index (κ2) is 9.79. The third-order valence-electron chi connectivity index (χ3n) is 4.78. The average molecular weight is 539 g/mol. The molecule has 1 aliphatic heterocycles. The van der Waals surface area contributed by atoms with Crippen molar-refractivity contribution < 1.29 is 9.53 Å². The number of benzene rings is 1. The summed E-state index contributed by atoms with van der Waals surface area (Å²) in [6.07, 6.45) is 1.89. The zero-order valence-corrected chi connectivity index (χ0v) is 21.7. The van der Waals surface area contributed by atoms with Crippen molar-refractivity contribution in [1.29, 1.82) is 0 Å². The number of carbonyl (C=O) groups excluding carboxylic acids is 1. The SMILES string of the molecule is CCCSc1nc(SCC(=O)Nc2ccc(Br)cc2)c2c3c(sc2n1)COC(C)(C)C3. The van der Waals surface area contributed by atoms with E-state index in [9.17, 15) is 4.79 Å². The zero-order chi connectivity index (χ0) is 22.0. The van der Waals surface area contributed by atoms with Crippen molar-refractivity contribution >= 4 is 72.6 Å². The minimum atomic E-state index is -0.211. The minimum absolute atomic E-state index is 0.0467. The molecule has 1 aromatic carbocycles. The lowest BCUT2D eigenvalue weighted by Crippen LogP contribution is -2.31. The third-order valence-corrected chi connectivity index (χ3v) is 8.44. The van der Waals surface area contributed by atoms with Crippen LogP contribution in [0.4, 0.5) is 5.69 Å². The molecule has 3 aromatic rings. The molecule has 9 heteroatoms. The van der Waals surface area contributed by atoms with Crippen LogP contribution in [-0.4, -0.2) is 33.0 Å². The molecule has 164 valence electrons. The molecule has 4 rings (SSSR count). The van der Waals surface area contributed by atoms with Gasteiger partial charge in [-0.25, -0.2) is 9.97 Å². The second-order valence-electron chi connectivity index (χ2n) is 7.91. The van der Waals surface area contributed by atoms with E-state index in [1.807, 2.05) is 24.3 Å². The molecule has 0 spiro atoms. The molecule has 2 aromatic heterocycles. The van der Waals surface area contributed by atoms with E-state index in [0.717, 1.165) is 49.2 Å². The van der Waals surface area contributed by atoms with Gasteiger partial charge in [0.1, 0.15) is 9.86 Å². The number of amides is 1. The molecular formula is C22H24BrN3O2S3. The van der Waals surface area contributed by atoms with Crippen LogP contribution in [0.3, 0.4) is 0 Å². The Balaban J connectivity index is 1.60. The number of thiophene rings is 1. The van der Waals surface area contributed by atoms with E-state index in [-0.39, 0.29) is 11.5 Å². The summed E-state index contributed by atoms with van der Waals surface area (Å²) in [4.78, 5) is 24.5. The Morgan fingerprint density at radius 3 is 2.77 bits per heavy atom. The molecule has 0 aliphatic carbocycles. The van der Waals surface area contributed by atoms with Gasteiger partial charge in [0.2, 0.25) is 5.91 Å².